The number of carbonyl (C=O) groups is 3. The maximum absolute atomic E-state index is 13.7. The van der Waals surface area contributed by atoms with Gasteiger partial charge >= 0.3 is 0 Å². The van der Waals surface area contributed by atoms with Crippen LogP contribution in [0.3, 0.4) is 0 Å². The van der Waals surface area contributed by atoms with Gasteiger partial charge in [-0.2, -0.15) is 4.37 Å². The predicted octanol–water partition coefficient (Wildman–Crippen LogP) is 2.95. The molecule has 1 aromatic carbocycles. The highest BCUT2D eigenvalue weighted by Crippen LogP contribution is 2.30. The number of methoxy groups -OCH3 is 1. The van der Waals surface area contributed by atoms with Gasteiger partial charge in [-0.3, -0.25) is 19.3 Å². The Labute approximate surface area is 192 Å². The summed E-state index contributed by atoms with van der Waals surface area (Å²) in [6.45, 7) is 7.64. The molecule has 2 aromatic rings. The van der Waals surface area contributed by atoms with Gasteiger partial charge in [0.25, 0.3) is 11.8 Å². The van der Waals surface area contributed by atoms with Gasteiger partial charge < -0.3 is 21.5 Å². The number of primary amides is 1. The van der Waals surface area contributed by atoms with E-state index >= 15 is 0 Å². The van der Waals surface area contributed by atoms with Crippen molar-refractivity contribution in [2.45, 2.75) is 58.5 Å². The third-order valence-corrected chi connectivity index (χ3v) is 5.52. The largest absolute Gasteiger partial charge is 0.497 e. The lowest BCUT2D eigenvalue weighted by Crippen LogP contribution is -2.54. The number of amides is 3. The van der Waals surface area contributed by atoms with Crippen molar-refractivity contribution in [3.8, 4) is 5.75 Å². The maximum atomic E-state index is 13.7. The summed E-state index contributed by atoms with van der Waals surface area (Å²) >= 11 is 0.786. The third kappa shape index (κ3) is 5.97. The molecule has 0 aliphatic rings. The Morgan fingerprint density at radius 3 is 2.31 bits per heavy atom. The van der Waals surface area contributed by atoms with Crippen molar-refractivity contribution < 1.29 is 19.1 Å². The standard InChI is InChI=1S/C22H31N5O4S/c1-6-7-8-15(20(29)25-22(2,3)4)27(13-9-11-14(31-5)12-10-13)21(30)18-16(23)17(19(24)28)26-32-18/h9-12,15H,6-8,23H2,1-5H3,(H2,24,28)(H,25,29). The van der Waals surface area contributed by atoms with Gasteiger partial charge in [0.2, 0.25) is 5.91 Å². The van der Waals surface area contributed by atoms with Crippen LogP contribution in [0.4, 0.5) is 11.4 Å². The van der Waals surface area contributed by atoms with Gasteiger partial charge in [0, 0.05) is 11.2 Å². The normalized spacial score (nSPS) is 12.2. The fourth-order valence-corrected chi connectivity index (χ4v) is 3.89. The molecule has 1 atom stereocenters. The smallest absolute Gasteiger partial charge is 0.272 e. The molecule has 0 bridgehead atoms. The number of anilines is 2. The van der Waals surface area contributed by atoms with E-state index in [1.165, 1.54) is 4.90 Å². The average Bonchev–Trinajstić information content (AvgIpc) is 3.11. The molecule has 0 aliphatic heterocycles. The van der Waals surface area contributed by atoms with Crippen LogP contribution in [0.2, 0.25) is 0 Å². The molecule has 1 unspecified atom stereocenters. The summed E-state index contributed by atoms with van der Waals surface area (Å²) < 4.78 is 9.16. The number of hydrogen-bond acceptors (Lipinski definition) is 7. The molecule has 32 heavy (non-hydrogen) atoms. The number of nitrogen functional groups attached to an aromatic ring is 1. The van der Waals surface area contributed by atoms with E-state index in [0.717, 1.165) is 24.4 Å². The Morgan fingerprint density at radius 2 is 1.84 bits per heavy atom. The van der Waals surface area contributed by atoms with E-state index < -0.39 is 23.4 Å². The number of nitrogens with zero attached hydrogens (tertiary/aromatic N) is 2. The first kappa shape index (κ1) is 25.1. The number of ether oxygens (including phenoxy) is 1. The first-order valence-electron chi connectivity index (χ1n) is 10.3. The molecule has 10 heteroatoms. The summed E-state index contributed by atoms with van der Waals surface area (Å²) in [6, 6.07) is 6.02. The van der Waals surface area contributed by atoms with E-state index in [0.29, 0.717) is 17.9 Å². The first-order chi connectivity index (χ1) is 15.0. The topological polar surface area (TPSA) is 141 Å². The second-order valence-corrected chi connectivity index (χ2v) is 9.18. The molecule has 0 spiro atoms. The summed E-state index contributed by atoms with van der Waals surface area (Å²) in [6.07, 6.45) is 2.02. The minimum atomic E-state index is -0.818. The molecule has 1 heterocycles. The number of nitrogens with two attached hydrogens (primary N) is 2. The van der Waals surface area contributed by atoms with E-state index in [4.69, 9.17) is 16.2 Å². The molecule has 0 saturated heterocycles. The van der Waals surface area contributed by atoms with Crippen LogP contribution in [0.1, 0.15) is 67.1 Å². The summed E-state index contributed by atoms with van der Waals surface area (Å²) in [5.74, 6) is -1.02. The highest BCUT2D eigenvalue weighted by molar-refractivity contribution is 7.09. The first-order valence-corrected chi connectivity index (χ1v) is 11.1. The number of carbonyl (C=O) groups excluding carboxylic acids is 3. The van der Waals surface area contributed by atoms with Gasteiger partial charge in [-0.1, -0.05) is 19.8 Å². The van der Waals surface area contributed by atoms with Crippen LogP contribution in [0.5, 0.6) is 5.75 Å². The average molecular weight is 462 g/mol. The molecule has 5 N–H and O–H groups in total. The molecule has 2 rings (SSSR count). The molecular weight excluding hydrogens is 430 g/mol. The lowest BCUT2D eigenvalue weighted by atomic mass is 10.0. The third-order valence-electron chi connectivity index (χ3n) is 4.67. The fraction of sp³-hybridized carbons (Fsp3) is 0.455. The number of hydrogen-bond donors (Lipinski definition) is 3. The number of rotatable bonds is 9. The van der Waals surface area contributed by atoms with Crippen molar-refractivity contribution in [3.63, 3.8) is 0 Å². The van der Waals surface area contributed by atoms with Crippen molar-refractivity contribution in [3.05, 3.63) is 34.8 Å². The molecule has 0 radical (unpaired) electrons. The molecule has 9 nitrogen and oxygen atoms in total. The van der Waals surface area contributed by atoms with E-state index in [1.807, 2.05) is 27.7 Å². The van der Waals surface area contributed by atoms with E-state index in [9.17, 15) is 14.4 Å². The molecule has 0 saturated carbocycles. The van der Waals surface area contributed by atoms with Crippen LogP contribution >= 0.6 is 11.5 Å². The molecule has 0 fully saturated rings. The summed E-state index contributed by atoms with van der Waals surface area (Å²) in [4.78, 5) is 40.0. The van der Waals surface area contributed by atoms with E-state index in [1.54, 1.807) is 31.4 Å². The van der Waals surface area contributed by atoms with Crippen LogP contribution < -0.4 is 26.4 Å². The Bertz CT molecular complexity index is 966. The van der Waals surface area contributed by atoms with Crippen LogP contribution in [-0.2, 0) is 4.79 Å². The van der Waals surface area contributed by atoms with Gasteiger partial charge in [-0.05, 0) is 63.0 Å². The van der Waals surface area contributed by atoms with Crippen LogP contribution in [0.25, 0.3) is 0 Å². The number of aromatic nitrogens is 1. The molecular formula is C22H31N5O4S. The quantitative estimate of drug-likeness (QED) is 0.524. The highest BCUT2D eigenvalue weighted by Gasteiger charge is 2.35. The Balaban J connectivity index is 2.60. The zero-order valence-corrected chi connectivity index (χ0v) is 19.9. The van der Waals surface area contributed by atoms with Crippen molar-refractivity contribution in [1.82, 2.24) is 9.69 Å². The van der Waals surface area contributed by atoms with Gasteiger partial charge in [0.05, 0.1) is 12.8 Å². The predicted molar refractivity (Wildman–Crippen MR) is 126 cm³/mol. The lowest BCUT2D eigenvalue weighted by Gasteiger charge is -2.33. The summed E-state index contributed by atoms with van der Waals surface area (Å²) in [7, 11) is 1.54. The lowest BCUT2D eigenvalue weighted by molar-refractivity contribution is -0.123. The van der Waals surface area contributed by atoms with Crippen LogP contribution in [0, 0.1) is 0 Å². The molecule has 0 aliphatic carbocycles. The van der Waals surface area contributed by atoms with Crippen molar-refractivity contribution in [2.75, 3.05) is 17.7 Å². The Hall–Kier alpha value is -3.14. The SMILES string of the molecule is CCCCC(C(=O)NC(C)(C)C)N(C(=O)c1snc(C(N)=O)c1N)c1ccc(OC)cc1. The van der Waals surface area contributed by atoms with Gasteiger partial charge in [-0.25, -0.2) is 0 Å². The van der Waals surface area contributed by atoms with Crippen LogP contribution in [0.15, 0.2) is 24.3 Å². The zero-order valence-electron chi connectivity index (χ0n) is 19.1. The number of benzene rings is 1. The van der Waals surface area contributed by atoms with E-state index in [-0.39, 0.29) is 22.2 Å². The van der Waals surface area contributed by atoms with Crippen molar-refractivity contribution in [1.29, 1.82) is 0 Å². The minimum absolute atomic E-state index is 0.0553. The van der Waals surface area contributed by atoms with Crippen molar-refractivity contribution >= 4 is 40.6 Å². The van der Waals surface area contributed by atoms with Gasteiger partial charge in [0.1, 0.15) is 16.7 Å². The number of nitrogens with one attached hydrogen (secondary N) is 1. The second-order valence-electron chi connectivity index (χ2n) is 8.41. The van der Waals surface area contributed by atoms with Crippen molar-refractivity contribution in [2.24, 2.45) is 5.73 Å². The summed E-state index contributed by atoms with van der Waals surface area (Å²) in [5, 5.41) is 2.97. The minimum Gasteiger partial charge on any atom is -0.497 e. The Kier molecular flexibility index (Phi) is 8.20. The Morgan fingerprint density at radius 1 is 1.22 bits per heavy atom. The second kappa shape index (κ2) is 10.4. The maximum Gasteiger partial charge on any atom is 0.272 e. The fourth-order valence-electron chi connectivity index (χ4n) is 3.15. The van der Waals surface area contributed by atoms with E-state index in [2.05, 4.69) is 9.69 Å². The monoisotopic (exact) mass is 461 g/mol. The molecule has 174 valence electrons. The highest BCUT2D eigenvalue weighted by atomic mass is 32.1. The molecule has 1 aromatic heterocycles. The zero-order chi connectivity index (χ0) is 24.1. The van der Waals surface area contributed by atoms with Gasteiger partial charge in [-0.15, -0.1) is 0 Å². The number of unbranched alkanes of at least 4 members (excludes halogenated alkanes) is 1. The molecule has 3 amide bonds. The summed E-state index contributed by atoms with van der Waals surface area (Å²) in [5.41, 5.74) is 11.1. The van der Waals surface area contributed by atoms with Crippen LogP contribution in [-0.4, -0.2) is 40.8 Å². The van der Waals surface area contributed by atoms with Gasteiger partial charge in [0.15, 0.2) is 5.69 Å².